The number of hydrogen-bond acceptors (Lipinski definition) is 5. The third-order valence-electron chi connectivity index (χ3n) is 4.38. The Hall–Kier alpha value is -3.03. The predicted octanol–water partition coefficient (Wildman–Crippen LogP) is 1.84. The molecule has 0 unspecified atom stereocenters. The van der Waals surface area contributed by atoms with Gasteiger partial charge in [-0.15, -0.1) is 5.10 Å². The molecule has 3 heterocycles. The van der Waals surface area contributed by atoms with Gasteiger partial charge >= 0.3 is 0 Å². The minimum atomic E-state index is -0.448. The second kappa shape index (κ2) is 6.46. The molecule has 1 aromatic carbocycles. The highest BCUT2D eigenvalue weighted by Crippen LogP contribution is 2.20. The number of fused-ring (bicyclic) bond motifs is 1. The zero-order valence-corrected chi connectivity index (χ0v) is 13.5. The number of rotatable bonds is 2. The number of aromatic nitrogens is 4. The van der Waals surface area contributed by atoms with Gasteiger partial charge in [-0.2, -0.15) is 5.10 Å². The highest BCUT2D eigenvalue weighted by atomic mass is 19.1. The molecule has 8 heteroatoms. The molecule has 128 valence electrons. The summed E-state index contributed by atoms with van der Waals surface area (Å²) in [6.07, 6.45) is 3.91. The van der Waals surface area contributed by atoms with Crippen molar-refractivity contribution in [3.63, 3.8) is 0 Å². The first-order valence-corrected chi connectivity index (χ1v) is 8.17. The summed E-state index contributed by atoms with van der Waals surface area (Å²) in [7, 11) is 0. The summed E-state index contributed by atoms with van der Waals surface area (Å²) in [6, 6.07) is 6.36. The van der Waals surface area contributed by atoms with Gasteiger partial charge in [0.1, 0.15) is 11.3 Å². The molecule has 2 aromatic heterocycles. The van der Waals surface area contributed by atoms with Gasteiger partial charge in [0.2, 0.25) is 0 Å². The fourth-order valence-electron chi connectivity index (χ4n) is 3.16. The average molecular weight is 340 g/mol. The lowest BCUT2D eigenvalue weighted by atomic mass is 10.1. The van der Waals surface area contributed by atoms with E-state index in [0.29, 0.717) is 36.2 Å². The highest BCUT2D eigenvalue weighted by molar-refractivity contribution is 6.04. The highest BCUT2D eigenvalue weighted by Gasteiger charge is 2.23. The second-order valence-corrected chi connectivity index (χ2v) is 5.97. The minimum absolute atomic E-state index is 0.197. The number of nitrogens with one attached hydrogen (secondary N) is 1. The van der Waals surface area contributed by atoms with Crippen molar-refractivity contribution in [1.82, 2.24) is 25.1 Å². The Morgan fingerprint density at radius 2 is 2.12 bits per heavy atom. The van der Waals surface area contributed by atoms with Crippen LogP contribution in [0.1, 0.15) is 16.8 Å². The van der Waals surface area contributed by atoms with Gasteiger partial charge < -0.3 is 14.8 Å². The summed E-state index contributed by atoms with van der Waals surface area (Å²) in [5, 5.41) is 8.03. The summed E-state index contributed by atoms with van der Waals surface area (Å²) in [5.41, 5.74) is 1.32. The number of H-pyrrole nitrogens is 1. The van der Waals surface area contributed by atoms with Crippen molar-refractivity contribution < 1.29 is 9.18 Å². The Kier molecular flexibility index (Phi) is 4.01. The van der Waals surface area contributed by atoms with Crippen molar-refractivity contribution in [2.75, 3.05) is 31.1 Å². The quantitative estimate of drug-likeness (QED) is 0.770. The van der Waals surface area contributed by atoms with Crippen molar-refractivity contribution in [2.45, 2.75) is 6.42 Å². The fraction of sp³-hybridized carbons (Fsp3) is 0.294. The topological polar surface area (TPSA) is 78.0 Å². The number of carbonyl (C=O) groups is 1. The number of aromatic amines is 1. The van der Waals surface area contributed by atoms with E-state index in [1.165, 1.54) is 18.5 Å². The number of carbonyl (C=O) groups excluding carboxylic acids is 1. The van der Waals surface area contributed by atoms with Crippen LogP contribution in [0.4, 0.5) is 10.2 Å². The average Bonchev–Trinajstić information content (AvgIpc) is 2.96. The molecule has 25 heavy (non-hydrogen) atoms. The summed E-state index contributed by atoms with van der Waals surface area (Å²) in [6.45, 7) is 2.60. The van der Waals surface area contributed by atoms with Gasteiger partial charge in [0.15, 0.2) is 5.82 Å². The van der Waals surface area contributed by atoms with Crippen LogP contribution < -0.4 is 4.90 Å². The molecule has 0 spiro atoms. The van der Waals surface area contributed by atoms with Crippen molar-refractivity contribution >= 4 is 22.8 Å². The van der Waals surface area contributed by atoms with E-state index in [0.717, 1.165) is 18.8 Å². The van der Waals surface area contributed by atoms with Crippen LogP contribution in [0.2, 0.25) is 0 Å². The van der Waals surface area contributed by atoms with Gasteiger partial charge in [-0.25, -0.2) is 9.37 Å². The molecule has 0 atom stereocenters. The maximum atomic E-state index is 13.8. The molecule has 1 aliphatic rings. The van der Waals surface area contributed by atoms with Crippen LogP contribution in [-0.2, 0) is 0 Å². The van der Waals surface area contributed by atoms with Gasteiger partial charge in [0.05, 0.1) is 17.4 Å². The molecule has 0 radical (unpaired) electrons. The van der Waals surface area contributed by atoms with Gasteiger partial charge in [0.25, 0.3) is 5.91 Å². The first-order chi connectivity index (χ1) is 12.2. The standard InChI is InChI=1S/C17H17FN6O/c18-12-9-13(16-14(10-12)19-11-20-16)17(25)24-6-2-5-23(7-8-24)15-3-1-4-21-22-15/h1,3-4,9-11H,2,5-8H2,(H,19,20). The molecule has 7 nitrogen and oxygen atoms in total. The molecule has 0 bridgehead atoms. The second-order valence-electron chi connectivity index (χ2n) is 5.97. The lowest BCUT2D eigenvalue weighted by molar-refractivity contribution is 0.0768. The summed E-state index contributed by atoms with van der Waals surface area (Å²) < 4.78 is 13.8. The predicted molar refractivity (Wildman–Crippen MR) is 90.8 cm³/mol. The normalized spacial score (nSPS) is 15.4. The lowest BCUT2D eigenvalue weighted by Gasteiger charge is -2.22. The molecular formula is C17H17FN6O. The first kappa shape index (κ1) is 15.5. The van der Waals surface area contributed by atoms with Gasteiger partial charge in [-0.05, 0) is 30.7 Å². The van der Waals surface area contributed by atoms with E-state index in [-0.39, 0.29) is 5.91 Å². The number of amides is 1. The van der Waals surface area contributed by atoms with Crippen molar-refractivity contribution in [1.29, 1.82) is 0 Å². The van der Waals surface area contributed by atoms with Crippen LogP contribution in [0.15, 0.2) is 36.8 Å². The monoisotopic (exact) mass is 340 g/mol. The number of anilines is 1. The molecule has 0 saturated carbocycles. The van der Waals surface area contributed by atoms with Crippen molar-refractivity contribution in [3.05, 3.63) is 48.2 Å². The molecule has 4 rings (SSSR count). The number of imidazole rings is 1. The third kappa shape index (κ3) is 3.02. The SMILES string of the molecule is O=C(c1cc(F)cc2[nH]cnc12)N1CCCN(c2cccnn2)CC1. The Balaban J connectivity index is 1.56. The summed E-state index contributed by atoms with van der Waals surface area (Å²) in [5.74, 6) is 0.158. The van der Waals surface area contributed by atoms with Crippen molar-refractivity contribution in [2.24, 2.45) is 0 Å². The molecule has 0 aliphatic carbocycles. The van der Waals surface area contributed by atoms with Crippen LogP contribution in [-0.4, -0.2) is 57.2 Å². The maximum Gasteiger partial charge on any atom is 0.256 e. The number of benzene rings is 1. The third-order valence-corrected chi connectivity index (χ3v) is 4.38. The number of halogens is 1. The molecule has 1 saturated heterocycles. The Bertz CT molecular complexity index is 897. The van der Waals surface area contributed by atoms with Gasteiger partial charge in [-0.3, -0.25) is 4.79 Å². The van der Waals surface area contributed by atoms with E-state index in [1.54, 1.807) is 11.1 Å². The molecular weight excluding hydrogens is 323 g/mol. The minimum Gasteiger partial charge on any atom is -0.353 e. The van der Waals surface area contributed by atoms with Crippen LogP contribution >= 0.6 is 0 Å². The Labute approximate surface area is 143 Å². The summed E-state index contributed by atoms with van der Waals surface area (Å²) >= 11 is 0. The maximum absolute atomic E-state index is 13.8. The number of nitrogens with zero attached hydrogens (tertiary/aromatic N) is 5. The zero-order valence-electron chi connectivity index (χ0n) is 13.5. The first-order valence-electron chi connectivity index (χ1n) is 8.17. The van der Waals surface area contributed by atoms with Crippen LogP contribution in [0.25, 0.3) is 11.0 Å². The Morgan fingerprint density at radius 1 is 1.20 bits per heavy atom. The van der Waals surface area contributed by atoms with Gasteiger partial charge in [0, 0.05) is 32.4 Å². The van der Waals surface area contributed by atoms with Gasteiger partial charge in [-0.1, -0.05) is 0 Å². The molecule has 1 N–H and O–H groups in total. The number of hydrogen-bond donors (Lipinski definition) is 1. The van der Waals surface area contributed by atoms with Crippen LogP contribution in [0.3, 0.4) is 0 Å². The van der Waals surface area contributed by atoms with E-state index >= 15 is 0 Å². The van der Waals surface area contributed by atoms with Crippen molar-refractivity contribution in [3.8, 4) is 0 Å². The Morgan fingerprint density at radius 3 is 2.96 bits per heavy atom. The van der Waals surface area contributed by atoms with E-state index < -0.39 is 5.82 Å². The van der Waals surface area contributed by atoms with Crippen LogP contribution in [0.5, 0.6) is 0 Å². The smallest absolute Gasteiger partial charge is 0.256 e. The van der Waals surface area contributed by atoms with E-state index in [4.69, 9.17) is 0 Å². The fourth-order valence-corrected chi connectivity index (χ4v) is 3.16. The molecule has 3 aromatic rings. The molecule has 1 amide bonds. The lowest BCUT2D eigenvalue weighted by Crippen LogP contribution is -2.35. The zero-order chi connectivity index (χ0) is 17.2. The van der Waals surface area contributed by atoms with Crippen LogP contribution in [0, 0.1) is 5.82 Å². The van der Waals surface area contributed by atoms with E-state index in [9.17, 15) is 9.18 Å². The van der Waals surface area contributed by atoms with E-state index in [2.05, 4.69) is 25.1 Å². The van der Waals surface area contributed by atoms with E-state index in [1.807, 2.05) is 12.1 Å². The molecule has 1 aliphatic heterocycles. The largest absolute Gasteiger partial charge is 0.353 e. The summed E-state index contributed by atoms with van der Waals surface area (Å²) in [4.78, 5) is 23.8. The molecule has 1 fully saturated rings.